The molecule has 0 saturated carbocycles. The molecule has 7 nitrogen and oxygen atoms in total. The molecule has 4 rings (SSSR count). The first-order chi connectivity index (χ1) is 11.5. The van der Waals surface area contributed by atoms with Crippen LogP contribution < -0.4 is 4.74 Å². The molecule has 0 amide bonds. The second-order valence-electron chi connectivity index (χ2n) is 5.05. The number of fused-ring (bicyclic) bond motifs is 2. The largest absolute Gasteiger partial charge is 0.448 e. The van der Waals surface area contributed by atoms with Crippen molar-refractivity contribution in [1.29, 1.82) is 0 Å². The zero-order chi connectivity index (χ0) is 16.8. The van der Waals surface area contributed by atoms with Crippen molar-refractivity contribution in [2.45, 2.75) is 0 Å². The number of rotatable bonds is 2. The Balaban J connectivity index is 1.64. The van der Waals surface area contributed by atoms with Crippen LogP contribution in [0.2, 0.25) is 0 Å². The second kappa shape index (κ2) is 4.93. The molecule has 1 aromatic carbocycles. The van der Waals surface area contributed by atoms with Gasteiger partial charge in [0.15, 0.2) is 11.7 Å². The molecule has 0 N–H and O–H groups in total. The number of esters is 4. The summed E-state index contributed by atoms with van der Waals surface area (Å²) in [6, 6.07) is 4.26. The van der Waals surface area contributed by atoms with Crippen molar-refractivity contribution in [1.82, 2.24) is 0 Å². The van der Waals surface area contributed by atoms with Gasteiger partial charge in [-0.1, -0.05) is 5.92 Å². The summed E-state index contributed by atoms with van der Waals surface area (Å²) >= 11 is 0. The maximum Gasteiger partial charge on any atom is 0.347 e. The number of carbonyl (C=O) groups is 4. The standard InChI is InChI=1S/C17H6O7/c18-14-10-4-1-8(2-5-11(10)15(19)23-14)22-9-3-6-12-13(7-9)17(21)24-16(12)20/h1,3-4,6-7,11H. The molecule has 0 spiro atoms. The Kier molecular flexibility index (Phi) is 2.87. The molecular weight excluding hydrogens is 316 g/mol. The smallest absolute Gasteiger partial charge is 0.347 e. The monoisotopic (exact) mass is 322 g/mol. The predicted octanol–water partition coefficient (Wildman–Crippen LogP) is 0.903. The zero-order valence-electron chi connectivity index (χ0n) is 11.8. The van der Waals surface area contributed by atoms with Gasteiger partial charge in [-0.25, -0.2) is 19.2 Å². The van der Waals surface area contributed by atoms with Gasteiger partial charge in [-0.3, -0.25) is 0 Å². The van der Waals surface area contributed by atoms with E-state index in [9.17, 15) is 19.2 Å². The zero-order valence-corrected chi connectivity index (χ0v) is 11.8. The first-order valence-electron chi connectivity index (χ1n) is 6.81. The summed E-state index contributed by atoms with van der Waals surface area (Å²) in [6.07, 6.45) is 2.82. The van der Waals surface area contributed by atoms with E-state index in [0.717, 1.165) is 0 Å². The molecule has 3 aliphatic rings. The quantitative estimate of drug-likeness (QED) is 0.453. The molecule has 7 heteroatoms. The van der Waals surface area contributed by atoms with E-state index in [1.807, 2.05) is 0 Å². The lowest BCUT2D eigenvalue weighted by Crippen LogP contribution is -2.05. The summed E-state index contributed by atoms with van der Waals surface area (Å²) in [5.41, 5.74) is 0.418. The Labute approximate surface area is 134 Å². The summed E-state index contributed by atoms with van der Waals surface area (Å²) in [6.45, 7) is 0. The molecule has 2 heterocycles. The van der Waals surface area contributed by atoms with Gasteiger partial charge in [0.25, 0.3) is 0 Å². The van der Waals surface area contributed by atoms with Gasteiger partial charge in [-0.2, -0.15) is 0 Å². The van der Waals surface area contributed by atoms with Gasteiger partial charge in [0.1, 0.15) is 5.75 Å². The van der Waals surface area contributed by atoms with Crippen molar-refractivity contribution in [3.63, 3.8) is 0 Å². The molecule has 1 atom stereocenters. The number of carbonyl (C=O) groups excluding carboxylic acids is 4. The van der Waals surface area contributed by atoms with Crippen molar-refractivity contribution in [3.05, 3.63) is 52.8 Å². The Morgan fingerprint density at radius 3 is 2.54 bits per heavy atom. The fraction of sp³-hybridized carbons (Fsp3) is 0.0588. The van der Waals surface area contributed by atoms with E-state index in [-0.39, 0.29) is 28.2 Å². The third kappa shape index (κ3) is 2.09. The van der Waals surface area contributed by atoms with Crippen molar-refractivity contribution in [2.75, 3.05) is 0 Å². The van der Waals surface area contributed by atoms with Crippen LogP contribution in [-0.2, 0) is 19.1 Å². The maximum atomic E-state index is 11.5. The number of hydrogen-bond acceptors (Lipinski definition) is 7. The summed E-state index contributed by atoms with van der Waals surface area (Å²) in [7, 11) is 0. The molecule has 116 valence electrons. The number of cyclic esters (lactones) is 4. The minimum absolute atomic E-state index is 0.105. The van der Waals surface area contributed by atoms with Gasteiger partial charge >= 0.3 is 23.9 Å². The molecule has 2 aliphatic heterocycles. The Morgan fingerprint density at radius 1 is 0.917 bits per heavy atom. The minimum atomic E-state index is -0.928. The van der Waals surface area contributed by atoms with Gasteiger partial charge in [-0.05, 0) is 36.3 Å². The van der Waals surface area contributed by atoms with E-state index < -0.39 is 29.8 Å². The number of hydrogen-bond donors (Lipinski definition) is 0. The van der Waals surface area contributed by atoms with Crippen molar-refractivity contribution < 1.29 is 33.4 Å². The minimum Gasteiger partial charge on any atom is -0.448 e. The highest BCUT2D eigenvalue weighted by molar-refractivity contribution is 6.14. The normalized spacial score (nSPS) is 20.8. The van der Waals surface area contributed by atoms with Crippen LogP contribution in [0.15, 0.2) is 41.7 Å². The van der Waals surface area contributed by atoms with E-state index in [4.69, 9.17) is 4.74 Å². The van der Waals surface area contributed by atoms with Crippen molar-refractivity contribution in [3.8, 4) is 17.6 Å². The van der Waals surface area contributed by atoms with Gasteiger partial charge in [0, 0.05) is 0 Å². The lowest BCUT2D eigenvalue weighted by Gasteiger charge is -2.04. The average Bonchev–Trinajstić information content (AvgIpc) is 2.88. The third-order valence-corrected chi connectivity index (χ3v) is 3.57. The number of allylic oxidation sites excluding steroid dienone is 3. The second-order valence-corrected chi connectivity index (χ2v) is 5.05. The average molecular weight is 322 g/mol. The first-order valence-corrected chi connectivity index (χ1v) is 6.81. The van der Waals surface area contributed by atoms with E-state index in [1.165, 1.54) is 30.4 Å². The molecule has 0 radical (unpaired) electrons. The Hall–Kier alpha value is -3.66. The van der Waals surface area contributed by atoms with Crippen LogP contribution in [0, 0.1) is 17.8 Å². The van der Waals surface area contributed by atoms with E-state index in [0.29, 0.717) is 0 Å². The van der Waals surface area contributed by atoms with Crippen LogP contribution in [0.25, 0.3) is 0 Å². The molecule has 1 fully saturated rings. The molecule has 0 bridgehead atoms. The van der Waals surface area contributed by atoms with Gasteiger partial charge < -0.3 is 14.2 Å². The van der Waals surface area contributed by atoms with E-state index in [2.05, 4.69) is 21.3 Å². The van der Waals surface area contributed by atoms with Gasteiger partial charge in [0.05, 0.1) is 16.7 Å². The van der Waals surface area contributed by atoms with E-state index >= 15 is 0 Å². The lowest BCUT2D eigenvalue weighted by molar-refractivity contribution is -0.151. The third-order valence-electron chi connectivity index (χ3n) is 3.57. The predicted molar refractivity (Wildman–Crippen MR) is 75.3 cm³/mol. The molecule has 1 aromatic rings. The molecule has 1 aliphatic carbocycles. The van der Waals surface area contributed by atoms with Crippen molar-refractivity contribution >= 4 is 23.9 Å². The van der Waals surface area contributed by atoms with Crippen LogP contribution in [0.3, 0.4) is 0 Å². The summed E-state index contributed by atoms with van der Waals surface area (Å²) in [5, 5.41) is 0. The highest BCUT2D eigenvalue weighted by atomic mass is 16.6. The highest BCUT2D eigenvalue weighted by Crippen LogP contribution is 2.27. The maximum absolute atomic E-state index is 11.5. The summed E-state index contributed by atoms with van der Waals surface area (Å²) in [5.74, 6) is 1.87. The first kappa shape index (κ1) is 14.0. The van der Waals surface area contributed by atoms with Gasteiger partial charge in [0.2, 0.25) is 0 Å². The molecule has 1 unspecified atom stereocenters. The SMILES string of the molecule is O=C1OC(=O)C2C#CC(Oc3ccc4c(c3)C(=O)OC4=O)=CC=C12. The molecule has 1 saturated heterocycles. The van der Waals surface area contributed by atoms with Crippen molar-refractivity contribution in [2.24, 2.45) is 5.92 Å². The fourth-order valence-electron chi connectivity index (χ4n) is 2.42. The van der Waals surface area contributed by atoms with Crippen LogP contribution in [0.4, 0.5) is 0 Å². The summed E-state index contributed by atoms with van der Waals surface area (Å²) < 4.78 is 14.5. The number of ether oxygens (including phenoxy) is 3. The van der Waals surface area contributed by atoms with Crippen LogP contribution in [-0.4, -0.2) is 23.9 Å². The molecule has 0 aromatic heterocycles. The molecule has 24 heavy (non-hydrogen) atoms. The van der Waals surface area contributed by atoms with Crippen LogP contribution >= 0.6 is 0 Å². The highest BCUT2D eigenvalue weighted by Gasteiger charge is 2.38. The van der Waals surface area contributed by atoms with Gasteiger partial charge in [-0.15, -0.1) is 0 Å². The topological polar surface area (TPSA) is 96.0 Å². The summed E-state index contributed by atoms with van der Waals surface area (Å²) in [4.78, 5) is 45.9. The Morgan fingerprint density at radius 2 is 1.71 bits per heavy atom. The number of benzene rings is 1. The lowest BCUT2D eigenvalue weighted by atomic mass is 10.0. The van der Waals surface area contributed by atoms with E-state index in [1.54, 1.807) is 0 Å². The van der Waals surface area contributed by atoms with Crippen LogP contribution in [0.1, 0.15) is 20.7 Å². The molecular formula is C17H6O7. The van der Waals surface area contributed by atoms with Crippen LogP contribution in [0.5, 0.6) is 5.75 Å². The fourth-order valence-corrected chi connectivity index (χ4v) is 2.42. The Bertz CT molecular complexity index is 968.